The molecule has 1 aromatic carbocycles. The van der Waals surface area contributed by atoms with Crippen molar-refractivity contribution in [1.29, 1.82) is 0 Å². The van der Waals surface area contributed by atoms with E-state index in [1.54, 1.807) is 17.0 Å². The third-order valence-electron chi connectivity index (χ3n) is 4.45. The van der Waals surface area contributed by atoms with Gasteiger partial charge in [0.25, 0.3) is 0 Å². The quantitative estimate of drug-likeness (QED) is 0.803. The molecule has 138 valence electrons. The largest absolute Gasteiger partial charge is 0.312 e. The second-order valence-electron chi connectivity index (χ2n) is 6.51. The summed E-state index contributed by atoms with van der Waals surface area (Å²) < 4.78 is 0. The first-order valence-corrected chi connectivity index (χ1v) is 9.87. The van der Waals surface area contributed by atoms with Gasteiger partial charge < -0.3 is 10.2 Å². The Morgan fingerprint density at radius 2 is 2.12 bits per heavy atom. The van der Waals surface area contributed by atoms with Crippen molar-refractivity contribution in [2.75, 3.05) is 16.8 Å². The van der Waals surface area contributed by atoms with Gasteiger partial charge in [-0.2, -0.15) is 0 Å². The molecule has 2 atom stereocenters. The molecule has 1 N–H and O–H groups in total. The highest BCUT2D eigenvalue weighted by atomic mass is 35.5. The number of anilines is 2. The zero-order chi connectivity index (χ0) is 18.7. The third kappa shape index (κ3) is 4.22. The van der Waals surface area contributed by atoms with Crippen LogP contribution in [-0.4, -0.2) is 28.6 Å². The highest BCUT2D eigenvalue weighted by Crippen LogP contribution is 2.34. The lowest BCUT2D eigenvalue weighted by atomic mass is 10.1. The number of hydrogen-bond acceptors (Lipinski definition) is 5. The summed E-state index contributed by atoms with van der Waals surface area (Å²) in [6.07, 6.45) is 2.18. The molecule has 2 unspecified atom stereocenters. The van der Waals surface area contributed by atoms with Crippen molar-refractivity contribution >= 4 is 45.6 Å². The van der Waals surface area contributed by atoms with Crippen molar-refractivity contribution in [3.8, 4) is 0 Å². The Kier molecular flexibility index (Phi) is 5.88. The standard InChI is InChI=1S/C18H21ClN4O2S/c1-3-4-11(2)16(25)20-18-22-21-17(26-18)12-9-15(24)23(10-12)14-7-5-13(19)6-8-14/h5-8,11-12H,3-4,9-10H2,1-2H3,(H,20,22,25). The van der Waals surface area contributed by atoms with Crippen LogP contribution in [0, 0.1) is 5.92 Å². The summed E-state index contributed by atoms with van der Waals surface area (Å²) in [6, 6.07) is 7.22. The Labute approximate surface area is 161 Å². The summed E-state index contributed by atoms with van der Waals surface area (Å²) in [4.78, 5) is 26.2. The fourth-order valence-electron chi connectivity index (χ4n) is 2.99. The molecule has 2 heterocycles. The van der Waals surface area contributed by atoms with E-state index in [9.17, 15) is 9.59 Å². The Bertz CT molecular complexity index is 793. The molecule has 8 heteroatoms. The van der Waals surface area contributed by atoms with Crippen molar-refractivity contribution in [1.82, 2.24) is 10.2 Å². The molecule has 1 saturated heterocycles. The molecule has 26 heavy (non-hydrogen) atoms. The first kappa shape index (κ1) is 18.8. The smallest absolute Gasteiger partial charge is 0.229 e. The minimum Gasteiger partial charge on any atom is -0.312 e. The molecule has 1 aliphatic rings. The maximum Gasteiger partial charge on any atom is 0.229 e. The molecule has 1 fully saturated rings. The van der Waals surface area contributed by atoms with Gasteiger partial charge in [-0.25, -0.2) is 0 Å². The molecular weight excluding hydrogens is 372 g/mol. The molecule has 1 aliphatic heterocycles. The maximum absolute atomic E-state index is 12.4. The predicted molar refractivity (Wildman–Crippen MR) is 104 cm³/mol. The molecule has 3 rings (SSSR count). The molecule has 2 aromatic rings. The highest BCUT2D eigenvalue weighted by Gasteiger charge is 2.34. The average molecular weight is 393 g/mol. The summed E-state index contributed by atoms with van der Waals surface area (Å²) in [5.41, 5.74) is 0.827. The van der Waals surface area contributed by atoms with E-state index >= 15 is 0 Å². The van der Waals surface area contributed by atoms with Gasteiger partial charge in [-0.05, 0) is 30.7 Å². The van der Waals surface area contributed by atoms with Gasteiger partial charge in [-0.1, -0.05) is 43.2 Å². The van der Waals surface area contributed by atoms with Crippen molar-refractivity contribution < 1.29 is 9.59 Å². The number of nitrogens with zero attached hydrogens (tertiary/aromatic N) is 3. The van der Waals surface area contributed by atoms with Crippen molar-refractivity contribution in [3.63, 3.8) is 0 Å². The summed E-state index contributed by atoms with van der Waals surface area (Å²) in [7, 11) is 0. The van der Waals surface area contributed by atoms with Gasteiger partial charge in [0.15, 0.2) is 0 Å². The summed E-state index contributed by atoms with van der Waals surface area (Å²) in [6.45, 7) is 4.51. The van der Waals surface area contributed by atoms with E-state index in [0.717, 1.165) is 23.5 Å². The average Bonchev–Trinajstić information content (AvgIpc) is 3.22. The van der Waals surface area contributed by atoms with Crippen molar-refractivity contribution in [2.45, 2.75) is 39.0 Å². The second kappa shape index (κ2) is 8.14. The predicted octanol–water partition coefficient (Wildman–Crippen LogP) is 4.09. The first-order chi connectivity index (χ1) is 12.5. The molecule has 0 spiro atoms. The van der Waals surface area contributed by atoms with Gasteiger partial charge in [-0.3, -0.25) is 9.59 Å². The van der Waals surface area contributed by atoms with Crippen molar-refractivity contribution in [3.05, 3.63) is 34.3 Å². The Balaban J connectivity index is 1.65. The van der Waals surface area contributed by atoms with Crippen LogP contribution in [0.1, 0.15) is 44.0 Å². The van der Waals surface area contributed by atoms with Crippen LogP contribution in [0.3, 0.4) is 0 Å². The van der Waals surface area contributed by atoms with E-state index in [2.05, 4.69) is 22.4 Å². The lowest BCUT2D eigenvalue weighted by Crippen LogP contribution is -2.24. The van der Waals surface area contributed by atoms with Crippen LogP contribution in [0.5, 0.6) is 0 Å². The van der Waals surface area contributed by atoms with Gasteiger partial charge in [0.2, 0.25) is 16.9 Å². The van der Waals surface area contributed by atoms with Gasteiger partial charge >= 0.3 is 0 Å². The summed E-state index contributed by atoms with van der Waals surface area (Å²) in [5.74, 6) is -0.0651. The minimum atomic E-state index is -0.0548. The number of carbonyl (C=O) groups is 2. The SMILES string of the molecule is CCCC(C)C(=O)Nc1nnc(C2CC(=O)N(c3ccc(Cl)cc3)C2)s1. The molecule has 0 radical (unpaired) electrons. The highest BCUT2D eigenvalue weighted by molar-refractivity contribution is 7.15. The van der Waals surface area contributed by atoms with E-state index in [1.165, 1.54) is 11.3 Å². The van der Waals surface area contributed by atoms with Gasteiger partial charge in [-0.15, -0.1) is 10.2 Å². The van der Waals surface area contributed by atoms with E-state index in [0.29, 0.717) is 23.1 Å². The zero-order valence-electron chi connectivity index (χ0n) is 14.7. The Hall–Kier alpha value is -1.99. The number of nitrogens with one attached hydrogen (secondary N) is 1. The van der Waals surface area contributed by atoms with E-state index in [1.807, 2.05) is 19.1 Å². The number of hydrogen-bond donors (Lipinski definition) is 1. The molecular formula is C18H21ClN4O2S. The van der Waals surface area contributed by atoms with Crippen LogP contribution in [0.4, 0.5) is 10.8 Å². The van der Waals surface area contributed by atoms with Crippen LogP contribution in [0.25, 0.3) is 0 Å². The van der Waals surface area contributed by atoms with Gasteiger partial charge in [0, 0.05) is 35.5 Å². The topological polar surface area (TPSA) is 75.2 Å². The van der Waals surface area contributed by atoms with Crippen molar-refractivity contribution in [2.24, 2.45) is 5.92 Å². The number of carbonyl (C=O) groups excluding carboxylic acids is 2. The Morgan fingerprint density at radius 3 is 2.81 bits per heavy atom. The summed E-state index contributed by atoms with van der Waals surface area (Å²) in [5, 5.41) is 13.0. The molecule has 6 nitrogen and oxygen atoms in total. The first-order valence-electron chi connectivity index (χ1n) is 8.68. The van der Waals surface area contributed by atoms with Crippen LogP contribution >= 0.6 is 22.9 Å². The minimum absolute atomic E-state index is 0.0191. The second-order valence-corrected chi connectivity index (χ2v) is 7.95. The summed E-state index contributed by atoms with van der Waals surface area (Å²) >= 11 is 7.25. The number of rotatable bonds is 6. The van der Waals surface area contributed by atoms with Crippen LogP contribution < -0.4 is 10.2 Å². The zero-order valence-corrected chi connectivity index (χ0v) is 16.3. The fraction of sp³-hybridized carbons (Fsp3) is 0.444. The van der Waals surface area contributed by atoms with E-state index in [4.69, 9.17) is 11.6 Å². The van der Waals surface area contributed by atoms with Crippen LogP contribution in [0.2, 0.25) is 5.02 Å². The molecule has 0 bridgehead atoms. The number of benzene rings is 1. The maximum atomic E-state index is 12.4. The lowest BCUT2D eigenvalue weighted by Gasteiger charge is -2.16. The molecule has 1 aromatic heterocycles. The molecule has 2 amide bonds. The van der Waals surface area contributed by atoms with Gasteiger partial charge in [0.05, 0.1) is 0 Å². The fourth-order valence-corrected chi connectivity index (χ4v) is 3.95. The number of aromatic nitrogens is 2. The van der Waals surface area contributed by atoms with Gasteiger partial charge in [0.1, 0.15) is 5.01 Å². The Morgan fingerprint density at radius 1 is 1.38 bits per heavy atom. The monoisotopic (exact) mass is 392 g/mol. The normalized spacial score (nSPS) is 18.2. The van der Waals surface area contributed by atoms with E-state index in [-0.39, 0.29) is 23.7 Å². The number of amides is 2. The van der Waals surface area contributed by atoms with Crippen LogP contribution in [0.15, 0.2) is 24.3 Å². The third-order valence-corrected chi connectivity index (χ3v) is 5.71. The molecule has 0 aliphatic carbocycles. The van der Waals surface area contributed by atoms with Crippen LogP contribution in [-0.2, 0) is 9.59 Å². The lowest BCUT2D eigenvalue weighted by molar-refractivity contribution is -0.119. The number of halogens is 1. The van der Waals surface area contributed by atoms with E-state index < -0.39 is 0 Å². The molecule has 0 saturated carbocycles.